The number of aromatic nitrogens is 2. The Morgan fingerprint density at radius 2 is 1.95 bits per heavy atom. The van der Waals surface area contributed by atoms with Crippen LogP contribution in [-0.4, -0.2) is 63.0 Å². The molecule has 0 aliphatic carbocycles. The van der Waals surface area contributed by atoms with E-state index in [0.717, 1.165) is 18.0 Å². The maximum Gasteiger partial charge on any atom is 0.432 e. The topological polar surface area (TPSA) is 106 Å². The molecule has 1 aromatic heterocycles. The van der Waals surface area contributed by atoms with Crippen molar-refractivity contribution < 1.29 is 22.7 Å². The number of anilines is 1. The maximum absolute atomic E-state index is 13.5. The molecule has 1 unspecified atom stereocenters. The van der Waals surface area contributed by atoms with Crippen LogP contribution in [0.25, 0.3) is 0 Å². The first-order chi connectivity index (χ1) is 17.3. The number of amides is 1. The van der Waals surface area contributed by atoms with E-state index < -0.39 is 29.7 Å². The summed E-state index contributed by atoms with van der Waals surface area (Å²) in [5.41, 5.74) is 0.473. The number of carbonyl (C=O) groups excluding carboxylic acids is 1. The third-order valence-electron chi connectivity index (χ3n) is 5.81. The molecule has 1 amide bonds. The molecular formula is C24H27ClF3N7O2. The minimum Gasteiger partial charge on any atom is -0.444 e. The van der Waals surface area contributed by atoms with Crippen LogP contribution < -0.4 is 10.6 Å². The molecule has 2 aliphatic rings. The molecule has 0 spiro atoms. The largest absolute Gasteiger partial charge is 0.444 e. The Bertz CT molecular complexity index is 1190. The highest BCUT2D eigenvalue weighted by atomic mass is 35.5. The SMILES string of the molecule is CC(C)(C)OC(=O)N1CC(N2C=C(C(F)(F)F)NC2c2ccc(CNc3nc(Cl)ncc3C=N)cc2)C1. The van der Waals surface area contributed by atoms with Gasteiger partial charge in [0.2, 0.25) is 5.28 Å². The zero-order valence-electron chi connectivity index (χ0n) is 20.4. The lowest BCUT2D eigenvalue weighted by molar-refractivity contribution is -0.0963. The summed E-state index contributed by atoms with van der Waals surface area (Å²) in [5.74, 6) is 0.404. The van der Waals surface area contributed by atoms with Crippen LogP contribution in [0.1, 0.15) is 43.6 Å². The van der Waals surface area contributed by atoms with E-state index in [1.807, 2.05) is 0 Å². The molecule has 1 atom stereocenters. The van der Waals surface area contributed by atoms with Gasteiger partial charge in [0.05, 0.1) is 11.6 Å². The standard InChI is InChI=1S/C24H27ClF3N7O2/c1-23(2,3)37-22(36)34-11-17(12-34)35-13-18(24(26,27)28)32-20(35)15-6-4-14(5-7-15)9-30-19-16(8-29)10-31-21(25)33-19/h4-8,10,13,17,20,29,32H,9,11-12H2,1-3H3,(H,30,31,33). The third-order valence-corrected chi connectivity index (χ3v) is 5.99. The molecule has 9 nitrogen and oxygen atoms in total. The van der Waals surface area contributed by atoms with E-state index in [0.29, 0.717) is 23.5 Å². The van der Waals surface area contributed by atoms with Crippen molar-refractivity contribution in [3.05, 3.63) is 64.3 Å². The quantitative estimate of drug-likeness (QED) is 0.363. The fraction of sp³-hybridized carbons (Fsp3) is 0.417. The van der Waals surface area contributed by atoms with Gasteiger partial charge in [0.15, 0.2) is 0 Å². The molecule has 1 fully saturated rings. The highest BCUT2D eigenvalue weighted by Crippen LogP contribution is 2.37. The minimum atomic E-state index is -4.53. The second kappa shape index (κ2) is 10.1. The number of halogens is 4. The fourth-order valence-electron chi connectivity index (χ4n) is 3.95. The van der Waals surface area contributed by atoms with Crippen LogP contribution in [0.2, 0.25) is 5.28 Å². The number of likely N-dealkylation sites (tertiary alicyclic amines) is 1. The lowest BCUT2D eigenvalue weighted by Crippen LogP contribution is -2.61. The molecule has 0 bridgehead atoms. The van der Waals surface area contributed by atoms with E-state index in [9.17, 15) is 18.0 Å². The molecule has 1 saturated heterocycles. The third kappa shape index (κ3) is 6.24. The molecule has 198 valence electrons. The molecule has 2 aliphatic heterocycles. The number of carbonyl (C=O) groups is 1. The number of hydrogen-bond acceptors (Lipinski definition) is 8. The number of alkyl halides is 3. The number of benzene rings is 1. The van der Waals surface area contributed by atoms with Crippen molar-refractivity contribution in [3.63, 3.8) is 0 Å². The summed E-state index contributed by atoms with van der Waals surface area (Å²) in [6.45, 7) is 6.15. The van der Waals surface area contributed by atoms with Crippen molar-refractivity contribution in [1.82, 2.24) is 25.1 Å². The van der Waals surface area contributed by atoms with Crippen molar-refractivity contribution in [3.8, 4) is 0 Å². The zero-order valence-corrected chi connectivity index (χ0v) is 21.2. The molecular weight excluding hydrogens is 511 g/mol. The lowest BCUT2D eigenvalue weighted by atomic mass is 10.0. The number of nitrogens with one attached hydrogen (secondary N) is 3. The van der Waals surface area contributed by atoms with Gasteiger partial charge >= 0.3 is 12.3 Å². The van der Waals surface area contributed by atoms with Gasteiger partial charge in [-0.25, -0.2) is 14.8 Å². The molecule has 13 heteroatoms. The predicted octanol–water partition coefficient (Wildman–Crippen LogP) is 4.67. The molecule has 1 aromatic carbocycles. The maximum atomic E-state index is 13.5. The first kappa shape index (κ1) is 26.5. The first-order valence-corrected chi connectivity index (χ1v) is 11.9. The Morgan fingerprint density at radius 1 is 1.27 bits per heavy atom. The van der Waals surface area contributed by atoms with Crippen LogP contribution in [0, 0.1) is 5.41 Å². The minimum absolute atomic E-state index is 0.0463. The Morgan fingerprint density at radius 3 is 2.54 bits per heavy atom. The van der Waals surface area contributed by atoms with Gasteiger partial charge in [-0.15, -0.1) is 0 Å². The van der Waals surface area contributed by atoms with Gasteiger partial charge in [0.25, 0.3) is 0 Å². The van der Waals surface area contributed by atoms with E-state index in [-0.39, 0.29) is 24.4 Å². The van der Waals surface area contributed by atoms with Gasteiger partial charge in [-0.3, -0.25) is 0 Å². The van der Waals surface area contributed by atoms with E-state index >= 15 is 0 Å². The van der Waals surface area contributed by atoms with Gasteiger partial charge < -0.3 is 30.6 Å². The second-order valence-corrected chi connectivity index (χ2v) is 10.1. The van der Waals surface area contributed by atoms with Crippen LogP contribution in [0.3, 0.4) is 0 Å². The monoisotopic (exact) mass is 537 g/mol. The van der Waals surface area contributed by atoms with Crippen LogP contribution in [0.4, 0.5) is 23.8 Å². The second-order valence-electron chi connectivity index (χ2n) is 9.76. The van der Waals surface area contributed by atoms with Crippen molar-refractivity contribution in [2.24, 2.45) is 0 Å². The highest BCUT2D eigenvalue weighted by Gasteiger charge is 2.46. The van der Waals surface area contributed by atoms with E-state index in [2.05, 4.69) is 20.6 Å². The number of allylic oxidation sites excluding steroid dienone is 1. The van der Waals surface area contributed by atoms with Gasteiger partial charge in [0.1, 0.15) is 23.3 Å². The van der Waals surface area contributed by atoms with Crippen molar-refractivity contribution in [1.29, 1.82) is 5.41 Å². The number of hydrogen-bond donors (Lipinski definition) is 3. The smallest absolute Gasteiger partial charge is 0.432 e. The summed E-state index contributed by atoms with van der Waals surface area (Å²) in [6, 6.07) is 6.81. The number of ether oxygens (including phenoxy) is 1. The average molecular weight is 538 g/mol. The number of nitrogens with zero attached hydrogens (tertiary/aromatic N) is 4. The Hall–Kier alpha value is -3.54. The molecule has 3 N–H and O–H groups in total. The van der Waals surface area contributed by atoms with Crippen molar-refractivity contribution >= 4 is 29.7 Å². The van der Waals surface area contributed by atoms with Crippen LogP contribution in [0.5, 0.6) is 0 Å². The fourth-order valence-corrected chi connectivity index (χ4v) is 4.08. The van der Waals surface area contributed by atoms with Crippen LogP contribution in [0.15, 0.2) is 42.4 Å². The molecule has 37 heavy (non-hydrogen) atoms. The summed E-state index contributed by atoms with van der Waals surface area (Å²) in [4.78, 5) is 23.3. The molecule has 0 radical (unpaired) electrons. The predicted molar refractivity (Wildman–Crippen MR) is 132 cm³/mol. The number of rotatable bonds is 6. The molecule has 0 saturated carbocycles. The summed E-state index contributed by atoms with van der Waals surface area (Å²) in [7, 11) is 0. The van der Waals surface area contributed by atoms with E-state index in [1.165, 1.54) is 11.1 Å². The lowest BCUT2D eigenvalue weighted by Gasteiger charge is -2.46. The first-order valence-electron chi connectivity index (χ1n) is 11.5. The van der Waals surface area contributed by atoms with Crippen LogP contribution in [-0.2, 0) is 11.3 Å². The van der Waals surface area contributed by atoms with Gasteiger partial charge in [-0.2, -0.15) is 13.2 Å². The van der Waals surface area contributed by atoms with Crippen LogP contribution >= 0.6 is 11.6 Å². The Labute approximate surface area is 217 Å². The normalized spacial score (nSPS) is 18.1. The highest BCUT2D eigenvalue weighted by molar-refractivity contribution is 6.28. The zero-order chi connectivity index (χ0) is 27.0. The summed E-state index contributed by atoms with van der Waals surface area (Å²) >= 11 is 5.84. The average Bonchev–Trinajstić information content (AvgIpc) is 3.21. The van der Waals surface area contributed by atoms with E-state index in [4.69, 9.17) is 21.7 Å². The Balaban J connectivity index is 1.44. The molecule has 2 aromatic rings. The summed E-state index contributed by atoms with van der Waals surface area (Å²) in [5, 5.41) is 13.2. The molecule has 3 heterocycles. The Kier molecular flexibility index (Phi) is 7.22. The van der Waals surface area contributed by atoms with Crippen molar-refractivity contribution in [2.75, 3.05) is 18.4 Å². The summed E-state index contributed by atoms with van der Waals surface area (Å²) < 4.78 is 45.9. The summed E-state index contributed by atoms with van der Waals surface area (Å²) in [6.07, 6.45) is -2.14. The van der Waals surface area contributed by atoms with Gasteiger partial charge in [0, 0.05) is 38.2 Å². The molecule has 4 rings (SSSR count). The van der Waals surface area contributed by atoms with E-state index in [1.54, 1.807) is 49.9 Å². The van der Waals surface area contributed by atoms with Crippen molar-refractivity contribution in [2.45, 2.75) is 51.3 Å². The van der Waals surface area contributed by atoms with Gasteiger partial charge in [-0.05, 0) is 43.5 Å². The van der Waals surface area contributed by atoms with Gasteiger partial charge in [-0.1, -0.05) is 24.3 Å².